The zero-order chi connectivity index (χ0) is 14.0. The number of hydrogen-bond acceptors (Lipinski definition) is 2. The topological polar surface area (TPSA) is 15.3 Å². The summed E-state index contributed by atoms with van der Waals surface area (Å²) < 4.78 is 0. The van der Waals surface area contributed by atoms with Crippen LogP contribution < -0.4 is 10.2 Å². The Morgan fingerprint density at radius 2 is 2.00 bits per heavy atom. The Morgan fingerprint density at radius 3 is 2.58 bits per heavy atom. The molecule has 0 bridgehead atoms. The SMILES string of the molecule is CC(C)NCc1c(Cl)cccc1N(C)C(C)C1CC1. The van der Waals surface area contributed by atoms with Crippen molar-refractivity contribution in [2.75, 3.05) is 11.9 Å². The number of anilines is 1. The van der Waals surface area contributed by atoms with E-state index in [1.54, 1.807) is 0 Å². The third-order valence-electron chi connectivity index (χ3n) is 4.08. The van der Waals surface area contributed by atoms with E-state index in [-0.39, 0.29) is 0 Å². The van der Waals surface area contributed by atoms with Gasteiger partial charge in [-0.1, -0.05) is 31.5 Å². The van der Waals surface area contributed by atoms with Crippen molar-refractivity contribution < 1.29 is 0 Å². The second-order valence-corrected chi connectivity index (χ2v) is 6.37. The Morgan fingerprint density at radius 1 is 1.32 bits per heavy atom. The maximum atomic E-state index is 6.39. The van der Waals surface area contributed by atoms with Crippen molar-refractivity contribution in [1.82, 2.24) is 5.32 Å². The van der Waals surface area contributed by atoms with Crippen LogP contribution in [0.4, 0.5) is 5.69 Å². The van der Waals surface area contributed by atoms with E-state index in [0.717, 1.165) is 17.5 Å². The number of rotatable bonds is 6. The molecule has 1 aromatic carbocycles. The van der Waals surface area contributed by atoms with Gasteiger partial charge in [0.2, 0.25) is 0 Å². The van der Waals surface area contributed by atoms with Crippen molar-refractivity contribution in [1.29, 1.82) is 0 Å². The van der Waals surface area contributed by atoms with Crippen LogP contribution >= 0.6 is 11.6 Å². The quantitative estimate of drug-likeness (QED) is 0.845. The molecule has 0 saturated heterocycles. The molecule has 0 heterocycles. The highest BCUT2D eigenvalue weighted by Crippen LogP contribution is 2.38. The monoisotopic (exact) mass is 280 g/mol. The predicted octanol–water partition coefficient (Wildman–Crippen LogP) is 4.07. The van der Waals surface area contributed by atoms with Crippen LogP contribution in [0.2, 0.25) is 5.02 Å². The lowest BCUT2D eigenvalue weighted by Gasteiger charge is -2.30. The number of benzene rings is 1. The summed E-state index contributed by atoms with van der Waals surface area (Å²) in [5.74, 6) is 0.856. The fourth-order valence-corrected chi connectivity index (χ4v) is 2.71. The lowest BCUT2D eigenvalue weighted by Crippen LogP contribution is -2.32. The van der Waals surface area contributed by atoms with E-state index in [0.29, 0.717) is 12.1 Å². The smallest absolute Gasteiger partial charge is 0.0471 e. The summed E-state index contributed by atoms with van der Waals surface area (Å²) in [6.07, 6.45) is 2.73. The Bertz CT molecular complexity index is 427. The predicted molar refractivity (Wildman–Crippen MR) is 84.0 cm³/mol. The Hall–Kier alpha value is -0.730. The summed E-state index contributed by atoms with van der Waals surface area (Å²) in [4.78, 5) is 2.39. The van der Waals surface area contributed by atoms with Crippen LogP contribution in [0.5, 0.6) is 0 Å². The summed E-state index contributed by atoms with van der Waals surface area (Å²) in [6, 6.07) is 7.28. The molecule has 1 saturated carbocycles. The van der Waals surface area contributed by atoms with Crippen molar-refractivity contribution in [3.8, 4) is 0 Å². The van der Waals surface area contributed by atoms with Gasteiger partial charge in [-0.05, 0) is 37.8 Å². The van der Waals surface area contributed by atoms with Gasteiger partial charge >= 0.3 is 0 Å². The van der Waals surface area contributed by atoms with Crippen LogP contribution in [0, 0.1) is 5.92 Å². The van der Waals surface area contributed by atoms with E-state index in [9.17, 15) is 0 Å². The summed E-state index contributed by atoms with van der Waals surface area (Å²) >= 11 is 6.39. The van der Waals surface area contributed by atoms with Gasteiger partial charge < -0.3 is 10.2 Å². The molecular formula is C16H25ClN2. The first-order valence-electron chi connectivity index (χ1n) is 7.24. The lowest BCUT2D eigenvalue weighted by molar-refractivity contribution is 0.579. The number of halogens is 1. The average Bonchev–Trinajstić information content (AvgIpc) is 3.19. The number of hydrogen-bond donors (Lipinski definition) is 1. The third kappa shape index (κ3) is 3.64. The highest BCUT2D eigenvalue weighted by atomic mass is 35.5. The van der Waals surface area contributed by atoms with E-state index in [1.807, 2.05) is 12.1 Å². The summed E-state index contributed by atoms with van der Waals surface area (Å²) in [5, 5.41) is 4.33. The fraction of sp³-hybridized carbons (Fsp3) is 0.625. The molecule has 2 rings (SSSR count). The molecule has 1 aliphatic carbocycles. The van der Waals surface area contributed by atoms with Gasteiger partial charge in [0.1, 0.15) is 0 Å². The first-order valence-corrected chi connectivity index (χ1v) is 7.62. The lowest BCUT2D eigenvalue weighted by atomic mass is 10.1. The molecule has 1 aromatic rings. The zero-order valence-electron chi connectivity index (χ0n) is 12.4. The Kier molecular flexibility index (Phi) is 4.75. The van der Waals surface area contributed by atoms with E-state index < -0.39 is 0 Å². The second-order valence-electron chi connectivity index (χ2n) is 5.96. The van der Waals surface area contributed by atoms with Crippen molar-refractivity contribution in [3.05, 3.63) is 28.8 Å². The molecule has 0 amide bonds. The molecule has 2 nitrogen and oxygen atoms in total. The second kappa shape index (κ2) is 6.15. The maximum Gasteiger partial charge on any atom is 0.0471 e. The first-order chi connectivity index (χ1) is 9.00. The molecule has 0 spiro atoms. The molecule has 0 aliphatic heterocycles. The van der Waals surface area contributed by atoms with Crippen LogP contribution in [-0.4, -0.2) is 19.1 Å². The minimum Gasteiger partial charge on any atom is -0.371 e. The number of nitrogens with one attached hydrogen (secondary N) is 1. The Balaban J connectivity index is 2.20. The summed E-state index contributed by atoms with van der Waals surface area (Å²) in [5.41, 5.74) is 2.48. The van der Waals surface area contributed by atoms with Crippen LogP contribution in [0.1, 0.15) is 39.2 Å². The van der Waals surface area contributed by atoms with Crippen molar-refractivity contribution in [3.63, 3.8) is 0 Å². The molecule has 106 valence electrons. The van der Waals surface area contributed by atoms with Gasteiger partial charge in [-0.25, -0.2) is 0 Å². The van der Waals surface area contributed by atoms with E-state index >= 15 is 0 Å². The first kappa shape index (κ1) is 14.7. The molecule has 1 unspecified atom stereocenters. The summed E-state index contributed by atoms with van der Waals surface area (Å²) in [7, 11) is 2.19. The number of nitrogens with zero attached hydrogens (tertiary/aromatic N) is 1. The van der Waals surface area contributed by atoms with Crippen molar-refractivity contribution in [2.45, 2.75) is 52.2 Å². The maximum absolute atomic E-state index is 6.39. The highest BCUT2D eigenvalue weighted by molar-refractivity contribution is 6.31. The van der Waals surface area contributed by atoms with E-state index in [1.165, 1.54) is 24.1 Å². The van der Waals surface area contributed by atoms with E-state index in [4.69, 9.17) is 11.6 Å². The van der Waals surface area contributed by atoms with Crippen molar-refractivity contribution >= 4 is 17.3 Å². The van der Waals surface area contributed by atoms with Gasteiger partial charge in [0.15, 0.2) is 0 Å². The van der Waals surface area contributed by atoms with Gasteiger partial charge in [-0.15, -0.1) is 0 Å². The molecule has 19 heavy (non-hydrogen) atoms. The normalized spacial score (nSPS) is 16.7. The Labute approximate surface area is 122 Å². The molecule has 0 aromatic heterocycles. The molecule has 3 heteroatoms. The van der Waals surface area contributed by atoms with Gasteiger partial charge in [0.05, 0.1) is 0 Å². The van der Waals surface area contributed by atoms with Gasteiger partial charge in [-0.3, -0.25) is 0 Å². The molecular weight excluding hydrogens is 256 g/mol. The minimum absolute atomic E-state index is 0.468. The molecule has 0 radical (unpaired) electrons. The van der Waals surface area contributed by atoms with E-state index in [2.05, 4.69) is 44.1 Å². The van der Waals surface area contributed by atoms with Crippen LogP contribution in [-0.2, 0) is 6.54 Å². The van der Waals surface area contributed by atoms with Gasteiger partial charge in [-0.2, -0.15) is 0 Å². The molecule has 1 atom stereocenters. The molecule has 1 fully saturated rings. The largest absolute Gasteiger partial charge is 0.371 e. The zero-order valence-corrected chi connectivity index (χ0v) is 13.2. The van der Waals surface area contributed by atoms with Gasteiger partial charge in [0.25, 0.3) is 0 Å². The standard InChI is InChI=1S/C16H25ClN2/c1-11(2)18-10-14-15(17)6-5-7-16(14)19(4)12(3)13-8-9-13/h5-7,11-13,18H,8-10H2,1-4H3. The third-order valence-corrected chi connectivity index (χ3v) is 4.43. The van der Waals surface area contributed by atoms with Gasteiger partial charge in [0, 0.05) is 41.9 Å². The fourth-order valence-electron chi connectivity index (χ4n) is 2.47. The molecule has 1 aliphatic rings. The van der Waals surface area contributed by atoms with Crippen LogP contribution in [0.15, 0.2) is 18.2 Å². The summed E-state index contributed by atoms with van der Waals surface area (Å²) in [6.45, 7) is 7.47. The minimum atomic E-state index is 0.468. The average molecular weight is 281 g/mol. The van der Waals surface area contributed by atoms with Crippen LogP contribution in [0.25, 0.3) is 0 Å². The van der Waals surface area contributed by atoms with Crippen LogP contribution in [0.3, 0.4) is 0 Å². The van der Waals surface area contributed by atoms with Crippen molar-refractivity contribution in [2.24, 2.45) is 5.92 Å². The highest BCUT2D eigenvalue weighted by Gasteiger charge is 2.31. The molecule has 1 N–H and O–H groups in total.